The highest BCUT2D eigenvalue weighted by atomic mass is 79.9. The molecule has 0 unspecified atom stereocenters. The molecule has 0 saturated heterocycles. The molecule has 0 heterocycles. The van der Waals surface area contributed by atoms with Crippen molar-refractivity contribution in [1.82, 2.24) is 0 Å². The number of aliphatic hydroxyl groups excluding tert-OH is 1. The number of nitrogens with one attached hydrogen (secondary N) is 1. The summed E-state index contributed by atoms with van der Waals surface area (Å²) in [5.74, 6) is 0.346. The highest BCUT2D eigenvalue weighted by Crippen LogP contribution is 2.29. The van der Waals surface area contributed by atoms with E-state index in [9.17, 15) is 5.11 Å². The zero-order valence-corrected chi connectivity index (χ0v) is 10.7. The van der Waals surface area contributed by atoms with Gasteiger partial charge in [-0.3, -0.25) is 5.41 Å². The Balaban J connectivity index is 3.01. The van der Waals surface area contributed by atoms with Crippen molar-refractivity contribution in [2.75, 3.05) is 13.7 Å². The predicted molar refractivity (Wildman–Crippen MR) is 65.0 cm³/mol. The fourth-order valence-corrected chi connectivity index (χ4v) is 1.67. The Hall–Kier alpha value is -1.07. The minimum absolute atomic E-state index is 0.182. The van der Waals surface area contributed by atoms with Crippen LogP contribution < -0.4 is 4.74 Å². The van der Waals surface area contributed by atoms with Gasteiger partial charge in [0.25, 0.3) is 0 Å². The van der Waals surface area contributed by atoms with E-state index >= 15 is 0 Å². The van der Waals surface area contributed by atoms with Gasteiger partial charge in [-0.2, -0.15) is 0 Å². The van der Waals surface area contributed by atoms with E-state index in [2.05, 4.69) is 15.9 Å². The summed E-state index contributed by atoms with van der Waals surface area (Å²) in [5.41, 5.74) is 0.510. The van der Waals surface area contributed by atoms with Gasteiger partial charge in [0.2, 0.25) is 5.90 Å². The van der Waals surface area contributed by atoms with E-state index in [0.29, 0.717) is 17.9 Å². The second-order valence-electron chi connectivity index (χ2n) is 3.09. The second kappa shape index (κ2) is 5.86. The average Bonchev–Trinajstić information content (AvgIpc) is 2.28. The van der Waals surface area contributed by atoms with Crippen LogP contribution in [-0.2, 0) is 4.74 Å². The van der Waals surface area contributed by atoms with Crippen LogP contribution in [0.2, 0.25) is 0 Å². The van der Waals surface area contributed by atoms with Gasteiger partial charge in [-0.25, -0.2) is 0 Å². The van der Waals surface area contributed by atoms with Crippen LogP contribution in [0, 0.1) is 5.41 Å². The number of halogens is 1. The largest absolute Gasteiger partial charge is 0.496 e. The monoisotopic (exact) mass is 287 g/mol. The topological polar surface area (TPSA) is 62.5 Å². The van der Waals surface area contributed by atoms with Crippen molar-refractivity contribution in [3.63, 3.8) is 0 Å². The Labute approximate surface area is 103 Å². The molecule has 5 heteroatoms. The van der Waals surface area contributed by atoms with Crippen LogP contribution in [0.15, 0.2) is 22.7 Å². The Bertz CT molecular complexity index is 381. The number of methoxy groups -OCH3 is 1. The van der Waals surface area contributed by atoms with E-state index in [1.807, 2.05) is 0 Å². The van der Waals surface area contributed by atoms with Crippen LogP contribution in [-0.4, -0.2) is 24.7 Å². The molecule has 0 bridgehead atoms. The quantitative estimate of drug-likeness (QED) is 0.661. The number of rotatable bonds is 4. The van der Waals surface area contributed by atoms with Crippen molar-refractivity contribution in [3.8, 4) is 5.75 Å². The number of aliphatic hydroxyl groups is 1. The van der Waals surface area contributed by atoms with Gasteiger partial charge >= 0.3 is 0 Å². The number of hydrogen-bond acceptors (Lipinski definition) is 4. The summed E-state index contributed by atoms with van der Waals surface area (Å²) >= 11 is 3.30. The molecule has 0 radical (unpaired) electrons. The molecular formula is C11H14BrNO3. The fraction of sp³-hybridized carbons (Fsp3) is 0.364. The molecule has 0 amide bonds. The highest BCUT2D eigenvalue weighted by molar-refractivity contribution is 9.10. The summed E-state index contributed by atoms with van der Waals surface area (Å²) < 4.78 is 10.9. The minimum atomic E-state index is -1.10. The van der Waals surface area contributed by atoms with Crippen LogP contribution in [0.25, 0.3) is 0 Å². The molecule has 0 aromatic heterocycles. The molecule has 16 heavy (non-hydrogen) atoms. The Morgan fingerprint density at radius 3 is 2.81 bits per heavy atom. The normalized spacial score (nSPS) is 12.0. The molecule has 0 spiro atoms. The van der Waals surface area contributed by atoms with E-state index in [1.165, 1.54) is 7.11 Å². The number of benzene rings is 1. The fourth-order valence-electron chi connectivity index (χ4n) is 1.29. The third-order valence-corrected chi connectivity index (χ3v) is 2.53. The first-order chi connectivity index (χ1) is 7.60. The molecule has 0 saturated carbocycles. The molecule has 1 atom stereocenters. The lowest BCUT2D eigenvalue weighted by Crippen LogP contribution is -2.15. The Morgan fingerprint density at radius 1 is 1.56 bits per heavy atom. The summed E-state index contributed by atoms with van der Waals surface area (Å²) in [4.78, 5) is 0. The first-order valence-corrected chi connectivity index (χ1v) is 5.62. The maximum atomic E-state index is 9.91. The molecule has 88 valence electrons. The van der Waals surface area contributed by atoms with Crippen LogP contribution in [0.3, 0.4) is 0 Å². The SMILES string of the molecule is CCOC(=N)[C@@H](O)c1cc(Br)ccc1OC. The van der Waals surface area contributed by atoms with E-state index in [4.69, 9.17) is 14.9 Å². The molecule has 0 aliphatic carbocycles. The molecule has 0 aliphatic rings. The van der Waals surface area contributed by atoms with Crippen LogP contribution in [0.1, 0.15) is 18.6 Å². The van der Waals surface area contributed by atoms with Crippen molar-refractivity contribution in [2.24, 2.45) is 0 Å². The van der Waals surface area contributed by atoms with Gasteiger partial charge in [0.15, 0.2) is 6.10 Å². The van der Waals surface area contributed by atoms with Crippen molar-refractivity contribution in [2.45, 2.75) is 13.0 Å². The van der Waals surface area contributed by atoms with Crippen molar-refractivity contribution in [1.29, 1.82) is 5.41 Å². The molecule has 1 aromatic carbocycles. The Morgan fingerprint density at radius 2 is 2.25 bits per heavy atom. The van der Waals surface area contributed by atoms with E-state index in [-0.39, 0.29) is 5.90 Å². The van der Waals surface area contributed by atoms with Gasteiger partial charge in [0.1, 0.15) is 5.75 Å². The lowest BCUT2D eigenvalue weighted by Gasteiger charge is -2.15. The lowest BCUT2D eigenvalue weighted by atomic mass is 10.1. The molecule has 0 fully saturated rings. The first-order valence-electron chi connectivity index (χ1n) is 4.82. The van der Waals surface area contributed by atoms with Crippen LogP contribution in [0.4, 0.5) is 0 Å². The smallest absolute Gasteiger partial charge is 0.215 e. The third-order valence-electron chi connectivity index (χ3n) is 2.03. The van der Waals surface area contributed by atoms with Gasteiger partial charge in [-0.15, -0.1) is 0 Å². The summed E-state index contributed by atoms with van der Waals surface area (Å²) in [6.07, 6.45) is -1.10. The Kier molecular flexibility index (Phi) is 4.76. The minimum Gasteiger partial charge on any atom is -0.496 e. The van der Waals surface area contributed by atoms with Gasteiger partial charge in [0, 0.05) is 10.0 Å². The molecular weight excluding hydrogens is 274 g/mol. The predicted octanol–water partition coefficient (Wildman–Crippen LogP) is 2.50. The summed E-state index contributed by atoms with van der Waals surface area (Å²) in [5, 5.41) is 17.4. The zero-order valence-electron chi connectivity index (χ0n) is 9.16. The first kappa shape index (κ1) is 13.0. The maximum absolute atomic E-state index is 9.91. The van der Waals surface area contributed by atoms with Gasteiger partial charge in [0.05, 0.1) is 13.7 Å². The summed E-state index contributed by atoms with van der Waals surface area (Å²) in [7, 11) is 1.52. The molecule has 0 aliphatic heterocycles. The highest BCUT2D eigenvalue weighted by Gasteiger charge is 2.19. The zero-order chi connectivity index (χ0) is 12.1. The molecule has 1 aromatic rings. The van der Waals surface area contributed by atoms with Crippen molar-refractivity contribution in [3.05, 3.63) is 28.2 Å². The standard InChI is InChI=1S/C11H14BrNO3/c1-3-16-11(13)10(14)8-6-7(12)4-5-9(8)15-2/h4-6,10,13-14H,3H2,1-2H3/t10-/m0/s1. The van der Waals surface area contributed by atoms with E-state index in [0.717, 1.165) is 4.47 Å². The average molecular weight is 288 g/mol. The summed E-state index contributed by atoms with van der Waals surface area (Å²) in [6, 6.07) is 5.23. The van der Waals surface area contributed by atoms with Crippen molar-refractivity contribution < 1.29 is 14.6 Å². The van der Waals surface area contributed by atoms with Crippen LogP contribution >= 0.6 is 15.9 Å². The molecule has 2 N–H and O–H groups in total. The lowest BCUT2D eigenvalue weighted by molar-refractivity contribution is 0.187. The van der Waals surface area contributed by atoms with Gasteiger partial charge in [-0.05, 0) is 25.1 Å². The third kappa shape index (κ3) is 2.96. The molecule has 1 rings (SSSR count). The van der Waals surface area contributed by atoms with Crippen molar-refractivity contribution >= 4 is 21.8 Å². The van der Waals surface area contributed by atoms with Crippen LogP contribution in [0.5, 0.6) is 5.75 Å². The van der Waals surface area contributed by atoms with E-state index in [1.54, 1.807) is 25.1 Å². The summed E-state index contributed by atoms with van der Waals surface area (Å²) in [6.45, 7) is 2.12. The van der Waals surface area contributed by atoms with Gasteiger partial charge in [-0.1, -0.05) is 15.9 Å². The molecule has 4 nitrogen and oxygen atoms in total. The second-order valence-corrected chi connectivity index (χ2v) is 4.00. The maximum Gasteiger partial charge on any atom is 0.215 e. The van der Waals surface area contributed by atoms with Gasteiger partial charge < -0.3 is 14.6 Å². The number of ether oxygens (including phenoxy) is 2. The van der Waals surface area contributed by atoms with E-state index < -0.39 is 6.10 Å². The number of hydrogen-bond donors (Lipinski definition) is 2.